The van der Waals surface area contributed by atoms with Crippen molar-refractivity contribution in [2.24, 2.45) is 0 Å². The van der Waals surface area contributed by atoms with Gasteiger partial charge in [0.2, 0.25) is 5.82 Å². The quantitative estimate of drug-likeness (QED) is 0.693. The molecule has 2 N–H and O–H groups in total. The SMILES string of the molecule is Cc1cc(-c2nc(-c3cccc(N)c3)no2)no1. The Morgan fingerprint density at radius 3 is 2.72 bits per heavy atom. The Morgan fingerprint density at radius 2 is 2.00 bits per heavy atom. The van der Waals surface area contributed by atoms with Crippen LogP contribution in [0.15, 0.2) is 39.4 Å². The predicted molar refractivity (Wildman–Crippen MR) is 64.4 cm³/mol. The highest BCUT2D eigenvalue weighted by Gasteiger charge is 2.13. The molecule has 0 fully saturated rings. The molecule has 1 aromatic carbocycles. The smallest absolute Gasteiger partial charge is 0.280 e. The Morgan fingerprint density at radius 1 is 1.11 bits per heavy atom. The highest BCUT2D eigenvalue weighted by Crippen LogP contribution is 2.22. The molecule has 2 heterocycles. The third kappa shape index (κ3) is 1.84. The van der Waals surface area contributed by atoms with Crippen molar-refractivity contribution in [2.75, 3.05) is 5.73 Å². The van der Waals surface area contributed by atoms with E-state index in [0.29, 0.717) is 28.9 Å². The van der Waals surface area contributed by atoms with Crippen LogP contribution in [0.2, 0.25) is 0 Å². The van der Waals surface area contributed by atoms with Crippen LogP contribution in [0.5, 0.6) is 0 Å². The summed E-state index contributed by atoms with van der Waals surface area (Å²) in [6.07, 6.45) is 0. The second-order valence-electron chi connectivity index (χ2n) is 3.87. The van der Waals surface area contributed by atoms with Crippen LogP contribution in [0.3, 0.4) is 0 Å². The molecule has 0 saturated carbocycles. The maximum absolute atomic E-state index is 5.70. The lowest BCUT2D eigenvalue weighted by atomic mass is 10.2. The van der Waals surface area contributed by atoms with E-state index in [1.807, 2.05) is 12.1 Å². The van der Waals surface area contributed by atoms with Gasteiger partial charge in [-0.2, -0.15) is 4.98 Å². The molecule has 0 amide bonds. The fourth-order valence-corrected chi connectivity index (χ4v) is 1.59. The van der Waals surface area contributed by atoms with Crippen molar-refractivity contribution in [1.82, 2.24) is 15.3 Å². The van der Waals surface area contributed by atoms with Crippen LogP contribution in [-0.4, -0.2) is 15.3 Å². The maximum Gasteiger partial charge on any atom is 0.280 e. The van der Waals surface area contributed by atoms with E-state index < -0.39 is 0 Å². The summed E-state index contributed by atoms with van der Waals surface area (Å²) in [6.45, 7) is 1.80. The summed E-state index contributed by atoms with van der Waals surface area (Å²) in [4.78, 5) is 4.25. The van der Waals surface area contributed by atoms with E-state index in [-0.39, 0.29) is 0 Å². The van der Waals surface area contributed by atoms with Gasteiger partial charge in [-0.15, -0.1) is 0 Å². The van der Waals surface area contributed by atoms with E-state index in [9.17, 15) is 0 Å². The first-order valence-electron chi connectivity index (χ1n) is 5.36. The van der Waals surface area contributed by atoms with Gasteiger partial charge >= 0.3 is 0 Å². The number of hydrogen-bond acceptors (Lipinski definition) is 6. The van der Waals surface area contributed by atoms with E-state index in [1.54, 1.807) is 25.1 Å². The lowest BCUT2D eigenvalue weighted by molar-refractivity contribution is 0.390. The van der Waals surface area contributed by atoms with Crippen molar-refractivity contribution >= 4 is 5.69 Å². The van der Waals surface area contributed by atoms with Crippen molar-refractivity contribution in [3.05, 3.63) is 36.1 Å². The first-order chi connectivity index (χ1) is 8.72. The number of nitrogens with zero attached hydrogens (tertiary/aromatic N) is 3. The second-order valence-corrected chi connectivity index (χ2v) is 3.87. The molecular formula is C12H10N4O2. The lowest BCUT2D eigenvalue weighted by Gasteiger charge is -1.94. The van der Waals surface area contributed by atoms with Gasteiger partial charge in [0.1, 0.15) is 5.76 Å². The summed E-state index contributed by atoms with van der Waals surface area (Å²) in [7, 11) is 0. The molecule has 0 radical (unpaired) electrons. The van der Waals surface area contributed by atoms with Crippen LogP contribution in [0.4, 0.5) is 5.69 Å². The van der Waals surface area contributed by atoms with Crippen molar-refractivity contribution in [1.29, 1.82) is 0 Å². The molecule has 6 nitrogen and oxygen atoms in total. The third-order valence-electron chi connectivity index (χ3n) is 2.42. The largest absolute Gasteiger partial charge is 0.399 e. The fourth-order valence-electron chi connectivity index (χ4n) is 1.59. The number of anilines is 1. The van der Waals surface area contributed by atoms with Gasteiger partial charge in [-0.3, -0.25) is 0 Å². The number of aromatic nitrogens is 3. The molecule has 0 aliphatic rings. The summed E-state index contributed by atoms with van der Waals surface area (Å²) >= 11 is 0. The second kappa shape index (κ2) is 3.99. The Labute approximate surface area is 102 Å². The van der Waals surface area contributed by atoms with E-state index in [4.69, 9.17) is 14.8 Å². The number of aryl methyl sites for hydroxylation is 1. The predicted octanol–water partition coefficient (Wildman–Crippen LogP) is 2.28. The standard InChI is InChI=1S/C12H10N4O2/c1-7-5-10(15-17-7)12-14-11(16-18-12)8-3-2-4-9(13)6-8/h2-6H,13H2,1H3. The minimum atomic E-state index is 0.323. The number of hydrogen-bond donors (Lipinski definition) is 1. The summed E-state index contributed by atoms with van der Waals surface area (Å²) in [5.41, 5.74) is 7.67. The highest BCUT2D eigenvalue weighted by atomic mass is 16.5. The van der Waals surface area contributed by atoms with Gasteiger partial charge in [0.05, 0.1) is 0 Å². The van der Waals surface area contributed by atoms with Gasteiger partial charge in [-0.25, -0.2) is 0 Å². The summed E-state index contributed by atoms with van der Waals surface area (Å²) < 4.78 is 10.1. The molecule has 0 aliphatic carbocycles. The molecule has 6 heteroatoms. The molecule has 3 aromatic rings. The molecular weight excluding hydrogens is 232 g/mol. The molecule has 0 aliphatic heterocycles. The number of nitrogens with two attached hydrogens (primary N) is 1. The molecule has 2 aromatic heterocycles. The zero-order valence-electron chi connectivity index (χ0n) is 9.62. The van der Waals surface area contributed by atoms with Crippen LogP contribution in [0.1, 0.15) is 5.76 Å². The lowest BCUT2D eigenvalue weighted by Crippen LogP contribution is -1.86. The monoisotopic (exact) mass is 242 g/mol. The van der Waals surface area contributed by atoms with Gasteiger partial charge in [0.15, 0.2) is 5.69 Å². The zero-order valence-corrected chi connectivity index (χ0v) is 9.62. The van der Waals surface area contributed by atoms with Gasteiger partial charge in [0, 0.05) is 17.3 Å². The Kier molecular flexibility index (Phi) is 2.33. The average Bonchev–Trinajstić information content (AvgIpc) is 2.97. The van der Waals surface area contributed by atoms with Crippen LogP contribution >= 0.6 is 0 Å². The Hall–Kier alpha value is -2.63. The van der Waals surface area contributed by atoms with Crippen molar-refractivity contribution in [3.63, 3.8) is 0 Å². The topological polar surface area (TPSA) is 91.0 Å². The highest BCUT2D eigenvalue weighted by molar-refractivity contribution is 5.62. The third-order valence-corrected chi connectivity index (χ3v) is 2.42. The van der Waals surface area contributed by atoms with E-state index in [2.05, 4.69) is 15.3 Å². The number of benzene rings is 1. The molecule has 0 spiro atoms. The van der Waals surface area contributed by atoms with Gasteiger partial charge < -0.3 is 14.8 Å². The van der Waals surface area contributed by atoms with Crippen molar-refractivity contribution < 1.29 is 9.05 Å². The molecule has 0 bridgehead atoms. The summed E-state index contributed by atoms with van der Waals surface area (Å²) in [5, 5.41) is 7.70. The van der Waals surface area contributed by atoms with Crippen LogP contribution in [0, 0.1) is 6.92 Å². The molecule has 0 saturated heterocycles. The first kappa shape index (κ1) is 10.5. The average molecular weight is 242 g/mol. The number of nitrogen functional groups attached to an aromatic ring is 1. The molecule has 3 rings (SSSR count). The maximum atomic E-state index is 5.70. The van der Waals surface area contributed by atoms with E-state index >= 15 is 0 Å². The minimum absolute atomic E-state index is 0.323. The molecule has 90 valence electrons. The van der Waals surface area contributed by atoms with Crippen LogP contribution < -0.4 is 5.73 Å². The van der Waals surface area contributed by atoms with Gasteiger partial charge in [-0.1, -0.05) is 22.4 Å². The van der Waals surface area contributed by atoms with Gasteiger partial charge in [-0.05, 0) is 19.1 Å². The fraction of sp³-hybridized carbons (Fsp3) is 0.0833. The van der Waals surface area contributed by atoms with Crippen LogP contribution in [-0.2, 0) is 0 Å². The zero-order chi connectivity index (χ0) is 12.5. The first-order valence-corrected chi connectivity index (χ1v) is 5.36. The molecule has 18 heavy (non-hydrogen) atoms. The van der Waals surface area contributed by atoms with Crippen LogP contribution in [0.25, 0.3) is 23.0 Å². The van der Waals surface area contributed by atoms with E-state index in [0.717, 1.165) is 5.56 Å². The minimum Gasteiger partial charge on any atom is -0.399 e. The Balaban J connectivity index is 1.99. The molecule has 0 atom stereocenters. The number of rotatable bonds is 2. The Bertz CT molecular complexity index is 687. The molecule has 0 unspecified atom stereocenters. The van der Waals surface area contributed by atoms with Gasteiger partial charge in [0.25, 0.3) is 5.89 Å². The van der Waals surface area contributed by atoms with E-state index in [1.165, 1.54) is 0 Å². The van der Waals surface area contributed by atoms with Crippen molar-refractivity contribution in [2.45, 2.75) is 6.92 Å². The normalized spacial score (nSPS) is 10.7. The van der Waals surface area contributed by atoms with Crippen molar-refractivity contribution in [3.8, 4) is 23.0 Å². The summed E-state index contributed by atoms with van der Waals surface area (Å²) in [6, 6.07) is 9.00. The summed E-state index contributed by atoms with van der Waals surface area (Å²) in [5.74, 6) is 1.48.